The van der Waals surface area contributed by atoms with E-state index in [0.717, 1.165) is 22.4 Å². The quantitative estimate of drug-likeness (QED) is 0.246. The van der Waals surface area contributed by atoms with Gasteiger partial charge in [0.15, 0.2) is 5.82 Å². The van der Waals surface area contributed by atoms with Crippen LogP contribution in [0.15, 0.2) is 48.9 Å². The number of likely N-dealkylation sites (tertiary alicyclic amines) is 1. The molecule has 2 aliphatic heterocycles. The van der Waals surface area contributed by atoms with Crippen molar-refractivity contribution in [3.63, 3.8) is 0 Å². The lowest BCUT2D eigenvalue weighted by Gasteiger charge is -2.41. The van der Waals surface area contributed by atoms with E-state index in [1.807, 2.05) is 42.0 Å². The number of allylic oxidation sites excluding steroid dienone is 1. The molecule has 0 saturated carbocycles. The number of hydrogen-bond donors (Lipinski definition) is 0. The molecule has 2 fully saturated rings. The highest BCUT2D eigenvalue weighted by Gasteiger charge is 2.39. The normalized spacial score (nSPS) is 22.0. The van der Waals surface area contributed by atoms with Crippen LogP contribution in [0.5, 0.6) is 6.01 Å². The van der Waals surface area contributed by atoms with Crippen LogP contribution >= 0.6 is 0 Å². The standard InChI is InChI=1S/C34H35F3N8O2/c1-21-6-4-7-22-15-39-16-25(28(21)22)30-29(36)31-26(17-40-30)32(42-33(41-31)47-19-24-14-34(2,37)20-43(24)3)44-12-13-45(23(18-44)9-11-38)27(46)8-5-10-35/h4-8,15-17,23-24H,9-10,12-14,18-20H2,1-3H3/b8-5+/t23-,24-,34?/m0/s1. The first-order valence-electron chi connectivity index (χ1n) is 15.5. The van der Waals surface area contributed by atoms with E-state index in [9.17, 15) is 18.8 Å². The van der Waals surface area contributed by atoms with Crippen molar-refractivity contribution in [2.45, 2.75) is 44.4 Å². The van der Waals surface area contributed by atoms with E-state index in [0.29, 0.717) is 23.3 Å². The SMILES string of the molecule is Cc1cccc2cncc(-c3ncc4c(N5CCN(C(=O)/C=C/CF)[C@@H](CC#N)C5)nc(OC[C@@H]5CC(C)(F)CN5C)nc4c3F)c12. The number of aromatic nitrogens is 4. The third-order valence-electron chi connectivity index (χ3n) is 8.90. The molecular weight excluding hydrogens is 609 g/mol. The minimum atomic E-state index is -1.36. The predicted molar refractivity (Wildman–Crippen MR) is 172 cm³/mol. The zero-order valence-electron chi connectivity index (χ0n) is 26.5. The number of nitrogens with zero attached hydrogens (tertiary/aromatic N) is 8. The van der Waals surface area contributed by atoms with Gasteiger partial charge >= 0.3 is 6.01 Å². The van der Waals surface area contributed by atoms with E-state index in [2.05, 4.69) is 26.0 Å². The molecule has 13 heteroatoms. The molecular formula is C34H35F3N8O2. The van der Waals surface area contributed by atoms with Gasteiger partial charge in [0.05, 0.1) is 23.9 Å². The van der Waals surface area contributed by atoms with Crippen LogP contribution in [0.2, 0.25) is 0 Å². The maximum atomic E-state index is 16.7. The Morgan fingerprint density at radius 1 is 1.21 bits per heavy atom. The molecule has 1 unspecified atom stereocenters. The summed E-state index contributed by atoms with van der Waals surface area (Å²) < 4.78 is 50.2. The van der Waals surface area contributed by atoms with E-state index < -0.39 is 30.1 Å². The second-order valence-corrected chi connectivity index (χ2v) is 12.4. The van der Waals surface area contributed by atoms with Crippen molar-refractivity contribution in [2.24, 2.45) is 0 Å². The summed E-state index contributed by atoms with van der Waals surface area (Å²) in [5.74, 6) is -0.739. The molecule has 10 nitrogen and oxygen atoms in total. The molecule has 2 saturated heterocycles. The van der Waals surface area contributed by atoms with Gasteiger partial charge in [-0.2, -0.15) is 15.2 Å². The van der Waals surface area contributed by atoms with Gasteiger partial charge in [-0.25, -0.2) is 13.2 Å². The third-order valence-corrected chi connectivity index (χ3v) is 8.90. The highest BCUT2D eigenvalue weighted by Crippen LogP contribution is 2.36. The Morgan fingerprint density at radius 2 is 2.04 bits per heavy atom. The number of aryl methyl sites for hydroxylation is 1. The van der Waals surface area contributed by atoms with Gasteiger partial charge in [0.25, 0.3) is 0 Å². The van der Waals surface area contributed by atoms with Gasteiger partial charge in [0, 0.05) is 74.3 Å². The summed E-state index contributed by atoms with van der Waals surface area (Å²) in [6, 6.07) is 7.03. The van der Waals surface area contributed by atoms with E-state index in [1.54, 1.807) is 19.3 Å². The molecule has 6 rings (SSSR count). The lowest BCUT2D eigenvalue weighted by atomic mass is 10.00. The highest BCUT2D eigenvalue weighted by atomic mass is 19.1. The van der Waals surface area contributed by atoms with Gasteiger partial charge in [0.1, 0.15) is 36.0 Å². The Hall–Kier alpha value is -4.83. The summed E-state index contributed by atoms with van der Waals surface area (Å²) in [6.07, 6.45) is 7.40. The van der Waals surface area contributed by atoms with Gasteiger partial charge in [-0.3, -0.25) is 19.7 Å². The smallest absolute Gasteiger partial charge is 0.319 e. The maximum absolute atomic E-state index is 16.7. The van der Waals surface area contributed by atoms with Crippen LogP contribution in [0, 0.1) is 24.1 Å². The zero-order valence-corrected chi connectivity index (χ0v) is 26.5. The monoisotopic (exact) mass is 644 g/mol. The number of hydrogen-bond acceptors (Lipinski definition) is 9. The number of nitriles is 1. The number of pyridine rings is 2. The second-order valence-electron chi connectivity index (χ2n) is 12.4. The van der Waals surface area contributed by atoms with Crippen molar-refractivity contribution < 1.29 is 22.7 Å². The topological polar surface area (TPSA) is 111 Å². The first kappa shape index (κ1) is 32.1. The van der Waals surface area contributed by atoms with Gasteiger partial charge in [0.2, 0.25) is 5.91 Å². The van der Waals surface area contributed by atoms with Crippen molar-refractivity contribution in [2.75, 3.05) is 51.4 Å². The fourth-order valence-electron chi connectivity index (χ4n) is 6.69. The van der Waals surface area contributed by atoms with Gasteiger partial charge < -0.3 is 14.5 Å². The van der Waals surface area contributed by atoms with E-state index in [-0.39, 0.29) is 62.3 Å². The molecule has 4 aromatic rings. The van der Waals surface area contributed by atoms with E-state index >= 15 is 4.39 Å². The number of anilines is 1. The first-order valence-corrected chi connectivity index (χ1v) is 15.5. The lowest BCUT2D eigenvalue weighted by molar-refractivity contribution is -0.128. The summed E-state index contributed by atoms with van der Waals surface area (Å²) in [5, 5.41) is 11.5. The molecule has 47 heavy (non-hydrogen) atoms. The molecule has 244 valence electrons. The van der Waals surface area contributed by atoms with E-state index in [1.165, 1.54) is 17.2 Å². The van der Waals surface area contributed by atoms with E-state index in [4.69, 9.17) is 4.74 Å². The van der Waals surface area contributed by atoms with Crippen LogP contribution in [0.25, 0.3) is 32.9 Å². The van der Waals surface area contributed by atoms with Gasteiger partial charge in [-0.15, -0.1) is 0 Å². The third kappa shape index (κ3) is 6.42. The summed E-state index contributed by atoms with van der Waals surface area (Å²) in [7, 11) is 1.82. The number of alkyl halides is 2. The summed E-state index contributed by atoms with van der Waals surface area (Å²) >= 11 is 0. The highest BCUT2D eigenvalue weighted by molar-refractivity contribution is 6.00. The fourth-order valence-corrected chi connectivity index (χ4v) is 6.69. The van der Waals surface area contributed by atoms with Gasteiger partial charge in [-0.05, 0) is 37.9 Å². The molecule has 0 spiro atoms. The van der Waals surface area contributed by atoms with Crippen LogP contribution in [-0.2, 0) is 4.79 Å². The fraction of sp³-hybridized carbons (Fsp3) is 0.412. The van der Waals surface area contributed by atoms with Crippen LogP contribution in [0.3, 0.4) is 0 Å². The Morgan fingerprint density at radius 3 is 2.79 bits per heavy atom. The van der Waals surface area contributed by atoms with Crippen molar-refractivity contribution >= 4 is 33.4 Å². The zero-order chi connectivity index (χ0) is 33.3. The summed E-state index contributed by atoms with van der Waals surface area (Å²) in [6.45, 7) is 3.79. The average molecular weight is 645 g/mol. The molecule has 0 bridgehead atoms. The number of halogens is 3. The Balaban J connectivity index is 1.43. The summed E-state index contributed by atoms with van der Waals surface area (Å²) in [4.78, 5) is 36.1. The molecule has 0 radical (unpaired) electrons. The van der Waals surface area contributed by atoms with Crippen molar-refractivity contribution in [1.29, 1.82) is 5.26 Å². The number of piperazine rings is 1. The number of fused-ring (bicyclic) bond motifs is 2. The van der Waals surface area contributed by atoms with Crippen molar-refractivity contribution in [1.82, 2.24) is 29.7 Å². The number of carbonyl (C=O) groups is 1. The Kier molecular flexibility index (Phi) is 8.96. The Bertz CT molecular complexity index is 1890. The second kappa shape index (κ2) is 13.1. The van der Waals surface area contributed by atoms with Gasteiger partial charge in [-0.1, -0.05) is 18.2 Å². The molecule has 0 N–H and O–H groups in total. The van der Waals surface area contributed by atoms with Crippen LogP contribution < -0.4 is 9.64 Å². The number of carbonyl (C=O) groups excluding carboxylic acids is 1. The number of likely N-dealkylation sites (N-methyl/N-ethyl adjacent to an activating group) is 1. The summed E-state index contributed by atoms with van der Waals surface area (Å²) in [5.41, 5.74) is 0.145. The van der Waals surface area contributed by atoms with Crippen molar-refractivity contribution in [3.8, 4) is 23.3 Å². The molecule has 1 amide bonds. The minimum Gasteiger partial charge on any atom is -0.462 e. The Labute approximate surface area is 270 Å². The number of amides is 1. The lowest BCUT2D eigenvalue weighted by Crippen LogP contribution is -2.55. The first-order chi connectivity index (χ1) is 22.6. The molecule has 0 aliphatic carbocycles. The number of benzene rings is 1. The van der Waals surface area contributed by atoms with Crippen LogP contribution in [0.1, 0.15) is 25.3 Å². The molecule has 3 atom stereocenters. The van der Waals surface area contributed by atoms with Crippen molar-refractivity contribution in [3.05, 3.63) is 60.3 Å². The average Bonchev–Trinajstić information content (AvgIpc) is 3.33. The van der Waals surface area contributed by atoms with Crippen LogP contribution in [0.4, 0.5) is 19.0 Å². The molecule has 5 heterocycles. The minimum absolute atomic E-state index is 0.0167. The largest absolute Gasteiger partial charge is 0.462 e. The number of ether oxygens (including phenoxy) is 1. The van der Waals surface area contributed by atoms with Crippen LogP contribution in [-0.4, -0.2) is 99.9 Å². The maximum Gasteiger partial charge on any atom is 0.319 e. The predicted octanol–water partition coefficient (Wildman–Crippen LogP) is 4.96. The molecule has 1 aromatic carbocycles. The molecule has 2 aliphatic rings. The molecule has 3 aromatic heterocycles. The number of rotatable bonds is 8.